The molecule has 1 aromatic carbocycles. The molecule has 0 N–H and O–H groups in total. The van der Waals surface area contributed by atoms with E-state index in [0.717, 1.165) is 12.2 Å². The molecule has 0 radical (unpaired) electrons. The lowest BCUT2D eigenvalue weighted by Crippen LogP contribution is -1.90. The Kier molecular flexibility index (Phi) is 3.25. The van der Waals surface area contributed by atoms with Crippen molar-refractivity contribution in [3.63, 3.8) is 0 Å². The summed E-state index contributed by atoms with van der Waals surface area (Å²) < 4.78 is 5.14. The molecule has 1 aromatic rings. The van der Waals surface area contributed by atoms with E-state index >= 15 is 0 Å². The van der Waals surface area contributed by atoms with Crippen molar-refractivity contribution in [2.24, 2.45) is 0 Å². The van der Waals surface area contributed by atoms with Gasteiger partial charge in [0.25, 0.3) is 0 Å². The molecule has 0 saturated carbocycles. The highest BCUT2D eigenvalue weighted by atomic mass is 16.5. The van der Waals surface area contributed by atoms with Gasteiger partial charge in [-0.05, 0) is 36.6 Å². The van der Waals surface area contributed by atoms with E-state index in [1.807, 2.05) is 12.1 Å². The van der Waals surface area contributed by atoms with Gasteiger partial charge in [-0.2, -0.15) is 0 Å². The number of hydrogen-bond donors (Lipinski definition) is 0. The SMILES string of the molecule is COc1ccc(CC(C)=C2C=CC=C2)cc1. The van der Waals surface area contributed by atoms with Crippen LogP contribution >= 0.6 is 0 Å². The number of methoxy groups -OCH3 is 1. The predicted molar refractivity (Wildman–Crippen MR) is 67.7 cm³/mol. The molecule has 0 bridgehead atoms. The molecule has 0 aromatic heterocycles. The highest BCUT2D eigenvalue weighted by Crippen LogP contribution is 2.19. The molecule has 0 unspecified atom stereocenters. The number of hydrogen-bond acceptors (Lipinski definition) is 1. The Morgan fingerprint density at radius 2 is 1.69 bits per heavy atom. The predicted octanol–water partition coefficient (Wildman–Crippen LogP) is 3.68. The number of ether oxygens (including phenoxy) is 1. The molecule has 82 valence electrons. The molecular weight excluding hydrogens is 196 g/mol. The molecule has 0 aliphatic heterocycles. The van der Waals surface area contributed by atoms with Gasteiger partial charge in [0.1, 0.15) is 5.75 Å². The summed E-state index contributed by atoms with van der Waals surface area (Å²) in [5.74, 6) is 0.912. The molecule has 0 amide bonds. The summed E-state index contributed by atoms with van der Waals surface area (Å²) in [6, 6.07) is 8.25. The Balaban J connectivity index is 2.12. The number of rotatable bonds is 3. The average Bonchev–Trinajstić information content (AvgIpc) is 2.83. The summed E-state index contributed by atoms with van der Waals surface area (Å²) in [6.45, 7) is 2.18. The molecule has 0 heterocycles. The molecule has 0 spiro atoms. The minimum absolute atomic E-state index is 0.912. The quantitative estimate of drug-likeness (QED) is 0.742. The van der Waals surface area contributed by atoms with Gasteiger partial charge in [0.2, 0.25) is 0 Å². The van der Waals surface area contributed by atoms with E-state index in [4.69, 9.17) is 4.74 Å². The molecule has 0 saturated heterocycles. The molecule has 0 atom stereocenters. The minimum Gasteiger partial charge on any atom is -0.497 e. The van der Waals surface area contributed by atoms with Gasteiger partial charge in [0.15, 0.2) is 0 Å². The third kappa shape index (κ3) is 2.43. The lowest BCUT2D eigenvalue weighted by molar-refractivity contribution is 0.414. The first-order chi connectivity index (χ1) is 7.79. The first kappa shape index (κ1) is 10.7. The van der Waals surface area contributed by atoms with E-state index in [1.165, 1.54) is 16.7 Å². The van der Waals surface area contributed by atoms with Gasteiger partial charge in [-0.1, -0.05) is 42.0 Å². The zero-order valence-electron chi connectivity index (χ0n) is 9.73. The Labute approximate surface area is 96.8 Å². The maximum Gasteiger partial charge on any atom is 0.118 e. The second kappa shape index (κ2) is 4.84. The van der Waals surface area contributed by atoms with Gasteiger partial charge in [-0.15, -0.1) is 0 Å². The first-order valence-corrected chi connectivity index (χ1v) is 5.47. The largest absolute Gasteiger partial charge is 0.497 e. The van der Waals surface area contributed by atoms with Gasteiger partial charge in [-0.25, -0.2) is 0 Å². The maximum atomic E-state index is 5.14. The van der Waals surface area contributed by atoms with E-state index in [0.29, 0.717) is 0 Å². The van der Waals surface area contributed by atoms with Crippen molar-refractivity contribution >= 4 is 0 Å². The molecule has 1 heteroatoms. The van der Waals surface area contributed by atoms with Crippen molar-refractivity contribution in [3.8, 4) is 5.75 Å². The minimum atomic E-state index is 0.912. The van der Waals surface area contributed by atoms with Crippen LogP contribution in [0, 0.1) is 0 Å². The smallest absolute Gasteiger partial charge is 0.118 e. The first-order valence-electron chi connectivity index (χ1n) is 5.47. The van der Waals surface area contributed by atoms with Gasteiger partial charge in [-0.3, -0.25) is 0 Å². The van der Waals surface area contributed by atoms with Crippen molar-refractivity contribution in [1.29, 1.82) is 0 Å². The fourth-order valence-corrected chi connectivity index (χ4v) is 1.81. The number of allylic oxidation sites excluding steroid dienone is 6. The summed E-state index contributed by atoms with van der Waals surface area (Å²) in [4.78, 5) is 0. The van der Waals surface area contributed by atoms with E-state index in [9.17, 15) is 0 Å². The molecule has 1 aliphatic carbocycles. The second-order valence-electron chi connectivity index (χ2n) is 3.98. The van der Waals surface area contributed by atoms with Gasteiger partial charge in [0, 0.05) is 0 Å². The van der Waals surface area contributed by atoms with Crippen molar-refractivity contribution in [2.45, 2.75) is 13.3 Å². The molecule has 16 heavy (non-hydrogen) atoms. The van der Waals surface area contributed by atoms with Crippen LogP contribution in [0.5, 0.6) is 5.75 Å². The van der Waals surface area contributed by atoms with Crippen molar-refractivity contribution in [3.05, 3.63) is 65.3 Å². The molecule has 1 nitrogen and oxygen atoms in total. The van der Waals surface area contributed by atoms with Crippen LogP contribution in [-0.2, 0) is 6.42 Å². The van der Waals surface area contributed by atoms with Crippen LogP contribution in [0.15, 0.2) is 59.7 Å². The Morgan fingerprint density at radius 3 is 2.25 bits per heavy atom. The fraction of sp³-hybridized carbons (Fsp3) is 0.200. The standard InChI is InChI=1S/C15H16O/c1-12(14-5-3-4-6-14)11-13-7-9-15(16-2)10-8-13/h3-10H,11H2,1-2H3. The van der Waals surface area contributed by atoms with Crippen LogP contribution in [0.25, 0.3) is 0 Å². The summed E-state index contributed by atoms with van der Waals surface area (Å²) in [6.07, 6.45) is 9.45. The molecule has 2 rings (SSSR count). The second-order valence-corrected chi connectivity index (χ2v) is 3.98. The topological polar surface area (TPSA) is 9.23 Å². The normalized spacial score (nSPS) is 13.2. The lowest BCUT2D eigenvalue weighted by Gasteiger charge is -2.05. The van der Waals surface area contributed by atoms with Crippen molar-refractivity contribution in [2.75, 3.05) is 7.11 Å². The van der Waals surface area contributed by atoms with Crippen molar-refractivity contribution < 1.29 is 4.74 Å². The van der Waals surface area contributed by atoms with E-state index in [1.54, 1.807) is 7.11 Å². The zero-order chi connectivity index (χ0) is 11.4. The highest BCUT2D eigenvalue weighted by Gasteiger charge is 2.01. The van der Waals surface area contributed by atoms with Gasteiger partial charge in [0.05, 0.1) is 7.11 Å². The Hall–Kier alpha value is -1.76. The van der Waals surface area contributed by atoms with Crippen LogP contribution in [0.3, 0.4) is 0 Å². The third-order valence-electron chi connectivity index (χ3n) is 2.78. The van der Waals surface area contributed by atoms with Crippen LogP contribution < -0.4 is 4.74 Å². The average molecular weight is 212 g/mol. The van der Waals surface area contributed by atoms with Crippen LogP contribution in [0.1, 0.15) is 12.5 Å². The summed E-state index contributed by atoms with van der Waals surface area (Å²) in [5, 5.41) is 0. The monoisotopic (exact) mass is 212 g/mol. The van der Waals surface area contributed by atoms with E-state index in [-0.39, 0.29) is 0 Å². The zero-order valence-corrected chi connectivity index (χ0v) is 9.73. The van der Waals surface area contributed by atoms with Crippen molar-refractivity contribution in [1.82, 2.24) is 0 Å². The van der Waals surface area contributed by atoms with Crippen LogP contribution in [0.4, 0.5) is 0 Å². The summed E-state index contributed by atoms with van der Waals surface area (Å²) in [7, 11) is 1.69. The van der Waals surface area contributed by atoms with Gasteiger partial charge >= 0.3 is 0 Å². The maximum absolute atomic E-state index is 5.14. The number of benzene rings is 1. The van der Waals surface area contributed by atoms with Crippen LogP contribution in [0.2, 0.25) is 0 Å². The van der Waals surface area contributed by atoms with E-state index in [2.05, 4.69) is 43.4 Å². The Morgan fingerprint density at radius 1 is 1.06 bits per heavy atom. The third-order valence-corrected chi connectivity index (χ3v) is 2.78. The molecular formula is C15H16O. The molecule has 0 fully saturated rings. The highest BCUT2D eigenvalue weighted by molar-refractivity contribution is 5.44. The van der Waals surface area contributed by atoms with Gasteiger partial charge < -0.3 is 4.74 Å². The fourth-order valence-electron chi connectivity index (χ4n) is 1.81. The lowest BCUT2D eigenvalue weighted by atomic mass is 10.0. The summed E-state index contributed by atoms with van der Waals surface area (Å²) >= 11 is 0. The summed E-state index contributed by atoms with van der Waals surface area (Å²) in [5.41, 5.74) is 4.05. The Bertz CT molecular complexity index is 433. The van der Waals surface area contributed by atoms with E-state index < -0.39 is 0 Å². The molecule has 1 aliphatic rings. The van der Waals surface area contributed by atoms with Crippen LogP contribution in [-0.4, -0.2) is 7.11 Å².